The van der Waals surface area contributed by atoms with Crippen LogP contribution in [0, 0.1) is 0 Å². The third kappa shape index (κ3) is 6.02. The highest BCUT2D eigenvalue weighted by molar-refractivity contribution is 7.80. The number of thiocarbonyl (C=S) groups is 1. The van der Waals surface area contributed by atoms with Gasteiger partial charge in [-0.1, -0.05) is 25.5 Å². The zero-order chi connectivity index (χ0) is 14.9. The van der Waals surface area contributed by atoms with Crippen LogP contribution in [0.2, 0.25) is 0 Å². The Morgan fingerprint density at radius 2 is 2.14 bits per heavy atom. The molecular weight excluding hydrogens is 280 g/mol. The van der Waals surface area contributed by atoms with E-state index in [9.17, 15) is 0 Å². The van der Waals surface area contributed by atoms with Crippen molar-refractivity contribution < 1.29 is 4.74 Å². The highest BCUT2D eigenvalue weighted by Gasteiger charge is 2.14. The van der Waals surface area contributed by atoms with Gasteiger partial charge in [0.25, 0.3) is 0 Å². The van der Waals surface area contributed by atoms with Gasteiger partial charge in [0.1, 0.15) is 0 Å². The first-order chi connectivity index (χ1) is 10.3. The zero-order valence-corrected chi connectivity index (χ0v) is 13.7. The molecule has 2 N–H and O–H groups in total. The Balaban J connectivity index is 1.66. The van der Waals surface area contributed by atoms with Gasteiger partial charge in [-0.05, 0) is 62.0 Å². The molecule has 0 saturated carbocycles. The second-order valence-corrected chi connectivity index (χ2v) is 6.01. The van der Waals surface area contributed by atoms with Gasteiger partial charge < -0.3 is 15.4 Å². The van der Waals surface area contributed by atoms with Crippen LogP contribution in [-0.2, 0) is 11.2 Å². The molecule has 1 aromatic rings. The van der Waals surface area contributed by atoms with E-state index in [1.54, 1.807) is 0 Å². The van der Waals surface area contributed by atoms with Crippen LogP contribution in [0.15, 0.2) is 24.3 Å². The van der Waals surface area contributed by atoms with Gasteiger partial charge in [-0.15, -0.1) is 0 Å². The molecule has 1 aromatic carbocycles. The Hall–Kier alpha value is -1.13. The van der Waals surface area contributed by atoms with Crippen molar-refractivity contribution in [3.8, 4) is 0 Å². The average molecular weight is 306 g/mol. The normalized spacial score (nSPS) is 17.7. The Kier molecular flexibility index (Phi) is 6.96. The summed E-state index contributed by atoms with van der Waals surface area (Å²) in [4.78, 5) is 0. The summed E-state index contributed by atoms with van der Waals surface area (Å²) in [5.41, 5.74) is 2.43. The summed E-state index contributed by atoms with van der Waals surface area (Å²) in [7, 11) is 0. The van der Waals surface area contributed by atoms with Crippen LogP contribution < -0.4 is 10.6 Å². The third-order valence-corrected chi connectivity index (χ3v) is 4.05. The SMILES string of the molecule is CCCCc1ccc(NC(=S)NCCC2CCCO2)cc1. The minimum Gasteiger partial charge on any atom is -0.378 e. The summed E-state index contributed by atoms with van der Waals surface area (Å²) in [5.74, 6) is 0. The van der Waals surface area contributed by atoms with Gasteiger partial charge in [0.05, 0.1) is 6.10 Å². The number of rotatable bonds is 7. The summed E-state index contributed by atoms with van der Waals surface area (Å²) in [6, 6.07) is 8.54. The van der Waals surface area contributed by atoms with Crippen LogP contribution in [0.1, 0.15) is 44.6 Å². The maximum Gasteiger partial charge on any atom is 0.170 e. The minimum absolute atomic E-state index is 0.415. The van der Waals surface area contributed by atoms with Crippen LogP contribution in [0.4, 0.5) is 5.69 Å². The summed E-state index contributed by atoms with van der Waals surface area (Å²) in [5, 5.41) is 7.17. The number of unbranched alkanes of at least 4 members (excludes halogenated alkanes) is 1. The molecular formula is C17H26N2OS. The van der Waals surface area contributed by atoms with E-state index >= 15 is 0 Å². The van der Waals surface area contributed by atoms with E-state index in [0.29, 0.717) is 11.2 Å². The molecule has 1 unspecified atom stereocenters. The molecule has 0 aromatic heterocycles. The summed E-state index contributed by atoms with van der Waals surface area (Å²) >= 11 is 5.32. The summed E-state index contributed by atoms with van der Waals surface area (Å²) in [6.07, 6.45) is 7.45. The fourth-order valence-electron chi connectivity index (χ4n) is 2.53. The average Bonchev–Trinajstić information content (AvgIpc) is 3.00. The number of hydrogen-bond donors (Lipinski definition) is 2. The zero-order valence-electron chi connectivity index (χ0n) is 12.9. The predicted octanol–water partition coefficient (Wildman–Crippen LogP) is 3.88. The van der Waals surface area contributed by atoms with Crippen molar-refractivity contribution in [3.63, 3.8) is 0 Å². The van der Waals surface area contributed by atoms with Crippen molar-refractivity contribution in [1.82, 2.24) is 5.32 Å². The van der Waals surface area contributed by atoms with E-state index in [0.717, 1.165) is 31.7 Å². The fourth-order valence-corrected chi connectivity index (χ4v) is 2.75. The van der Waals surface area contributed by atoms with Crippen LogP contribution in [0.3, 0.4) is 0 Å². The molecule has 21 heavy (non-hydrogen) atoms. The first-order valence-corrected chi connectivity index (χ1v) is 8.44. The molecule has 4 heteroatoms. The van der Waals surface area contributed by atoms with E-state index in [-0.39, 0.29) is 0 Å². The number of anilines is 1. The van der Waals surface area contributed by atoms with Gasteiger partial charge in [0, 0.05) is 18.8 Å². The molecule has 0 spiro atoms. The molecule has 1 saturated heterocycles. The largest absolute Gasteiger partial charge is 0.378 e. The molecule has 116 valence electrons. The molecule has 0 amide bonds. The van der Waals surface area contributed by atoms with Crippen molar-refractivity contribution in [2.45, 2.75) is 51.6 Å². The van der Waals surface area contributed by atoms with Crippen molar-refractivity contribution in [1.29, 1.82) is 0 Å². The van der Waals surface area contributed by atoms with E-state index in [1.165, 1.54) is 31.2 Å². The highest BCUT2D eigenvalue weighted by atomic mass is 32.1. The van der Waals surface area contributed by atoms with E-state index in [1.807, 2.05) is 0 Å². The summed E-state index contributed by atoms with van der Waals surface area (Å²) < 4.78 is 5.59. The third-order valence-electron chi connectivity index (χ3n) is 3.81. The Morgan fingerprint density at radius 1 is 1.33 bits per heavy atom. The van der Waals surface area contributed by atoms with Gasteiger partial charge in [0.15, 0.2) is 5.11 Å². The molecule has 1 heterocycles. The number of hydrogen-bond acceptors (Lipinski definition) is 2. The lowest BCUT2D eigenvalue weighted by Gasteiger charge is -2.13. The predicted molar refractivity (Wildman–Crippen MR) is 92.9 cm³/mol. The molecule has 0 aliphatic carbocycles. The van der Waals surface area contributed by atoms with Gasteiger partial charge in [0.2, 0.25) is 0 Å². The van der Waals surface area contributed by atoms with Crippen LogP contribution >= 0.6 is 12.2 Å². The van der Waals surface area contributed by atoms with Crippen LogP contribution in [-0.4, -0.2) is 24.4 Å². The van der Waals surface area contributed by atoms with E-state index in [4.69, 9.17) is 17.0 Å². The second-order valence-electron chi connectivity index (χ2n) is 5.61. The van der Waals surface area contributed by atoms with Gasteiger partial charge >= 0.3 is 0 Å². The van der Waals surface area contributed by atoms with Crippen LogP contribution in [0.5, 0.6) is 0 Å². The topological polar surface area (TPSA) is 33.3 Å². The summed E-state index contributed by atoms with van der Waals surface area (Å²) in [6.45, 7) is 4.00. The van der Waals surface area contributed by atoms with Gasteiger partial charge in [-0.25, -0.2) is 0 Å². The molecule has 1 aliphatic rings. The molecule has 1 fully saturated rings. The Morgan fingerprint density at radius 3 is 2.81 bits per heavy atom. The number of aryl methyl sites for hydroxylation is 1. The van der Waals surface area contributed by atoms with E-state index < -0.39 is 0 Å². The van der Waals surface area contributed by atoms with Gasteiger partial charge in [-0.2, -0.15) is 0 Å². The molecule has 1 atom stereocenters. The minimum atomic E-state index is 0.415. The lowest BCUT2D eigenvalue weighted by Crippen LogP contribution is -2.30. The first kappa shape index (κ1) is 16.2. The Labute approximate surface area is 133 Å². The lowest BCUT2D eigenvalue weighted by atomic mass is 10.1. The smallest absolute Gasteiger partial charge is 0.170 e. The molecule has 2 rings (SSSR count). The van der Waals surface area contributed by atoms with Crippen molar-refractivity contribution in [3.05, 3.63) is 29.8 Å². The van der Waals surface area contributed by atoms with Crippen molar-refractivity contribution in [2.24, 2.45) is 0 Å². The van der Waals surface area contributed by atoms with Crippen molar-refractivity contribution >= 4 is 23.0 Å². The first-order valence-electron chi connectivity index (χ1n) is 8.03. The maximum atomic E-state index is 5.59. The quantitative estimate of drug-likeness (QED) is 0.749. The fraction of sp³-hybridized carbons (Fsp3) is 0.588. The molecule has 0 radical (unpaired) electrons. The number of nitrogens with one attached hydrogen (secondary N) is 2. The highest BCUT2D eigenvalue weighted by Crippen LogP contribution is 2.14. The van der Waals surface area contributed by atoms with Gasteiger partial charge in [-0.3, -0.25) is 0 Å². The number of ether oxygens (including phenoxy) is 1. The van der Waals surface area contributed by atoms with E-state index in [2.05, 4.69) is 41.8 Å². The second kappa shape index (κ2) is 9.00. The maximum absolute atomic E-state index is 5.59. The lowest BCUT2D eigenvalue weighted by molar-refractivity contribution is 0.105. The van der Waals surface area contributed by atoms with Crippen LogP contribution in [0.25, 0.3) is 0 Å². The number of benzene rings is 1. The molecule has 3 nitrogen and oxygen atoms in total. The Bertz CT molecular complexity index is 427. The monoisotopic (exact) mass is 306 g/mol. The molecule has 1 aliphatic heterocycles. The standard InChI is InChI=1S/C17H26N2OS/c1-2-3-5-14-7-9-15(10-8-14)19-17(21)18-12-11-16-6-4-13-20-16/h7-10,16H,2-6,11-13H2,1H3,(H2,18,19,21). The molecule has 0 bridgehead atoms. The van der Waals surface area contributed by atoms with Crippen molar-refractivity contribution in [2.75, 3.05) is 18.5 Å².